The van der Waals surface area contributed by atoms with Gasteiger partial charge in [-0.25, -0.2) is 0 Å². The molecule has 0 fully saturated rings. The molecular weight excluding hydrogens is 217 g/mol. The monoisotopic (exact) mass is 228 g/mol. The first-order valence-electron chi connectivity index (χ1n) is 3.93. The number of ether oxygens (including phenoxy) is 1. The number of carbonyl (C=O) groups is 2. The largest absolute Gasteiger partial charge is 0.469 e. The predicted octanol–water partition coefficient (Wildman–Crippen LogP) is -0.445. The normalized spacial score (nSPS) is 13.1. The van der Waals surface area contributed by atoms with Gasteiger partial charge in [-0.1, -0.05) is 0 Å². The lowest BCUT2D eigenvalue weighted by Crippen LogP contribution is -2.47. The molecule has 0 aromatic rings. The second kappa shape index (κ2) is 5.54. The fourth-order valence-corrected chi connectivity index (χ4v) is 0.605. The molecule has 88 valence electrons. The van der Waals surface area contributed by atoms with Crippen LogP contribution in [-0.2, 0) is 14.3 Å². The third-order valence-electron chi connectivity index (χ3n) is 1.47. The van der Waals surface area contributed by atoms with Gasteiger partial charge in [0.1, 0.15) is 12.5 Å². The summed E-state index contributed by atoms with van der Waals surface area (Å²) in [5.41, 5.74) is 4.71. The first kappa shape index (κ1) is 13.7. The van der Waals surface area contributed by atoms with E-state index in [1.54, 1.807) is 0 Å². The van der Waals surface area contributed by atoms with Crippen LogP contribution >= 0.6 is 0 Å². The number of nitrogens with two attached hydrogens (primary N) is 1. The Hall–Kier alpha value is -1.31. The molecule has 0 aliphatic rings. The fraction of sp³-hybridized carbons (Fsp3) is 0.714. The molecule has 0 aliphatic carbocycles. The second-order valence-electron chi connectivity index (χ2n) is 2.71. The van der Waals surface area contributed by atoms with Crippen molar-refractivity contribution in [3.8, 4) is 0 Å². The van der Waals surface area contributed by atoms with Gasteiger partial charge in [0.15, 0.2) is 0 Å². The van der Waals surface area contributed by atoms with E-state index in [9.17, 15) is 22.8 Å². The SMILES string of the molecule is COC(=O)CC(=O)NCC(N)C(F)(F)F. The molecule has 0 aromatic carbocycles. The smallest absolute Gasteiger partial charge is 0.405 e. The van der Waals surface area contributed by atoms with Gasteiger partial charge in [0.2, 0.25) is 5.91 Å². The summed E-state index contributed by atoms with van der Waals surface area (Å²) in [5, 5.41) is 1.87. The van der Waals surface area contributed by atoms with Crippen LogP contribution in [0.5, 0.6) is 0 Å². The highest BCUT2D eigenvalue weighted by molar-refractivity contribution is 5.94. The maximum absolute atomic E-state index is 11.9. The number of rotatable bonds is 4. The highest BCUT2D eigenvalue weighted by Gasteiger charge is 2.36. The summed E-state index contributed by atoms with van der Waals surface area (Å²) in [7, 11) is 1.07. The van der Waals surface area contributed by atoms with Crippen molar-refractivity contribution in [2.75, 3.05) is 13.7 Å². The minimum atomic E-state index is -4.57. The van der Waals surface area contributed by atoms with E-state index in [-0.39, 0.29) is 0 Å². The Kier molecular flexibility index (Phi) is 5.06. The van der Waals surface area contributed by atoms with Gasteiger partial charge in [-0.2, -0.15) is 13.2 Å². The molecule has 3 N–H and O–H groups in total. The van der Waals surface area contributed by atoms with Gasteiger partial charge in [-0.05, 0) is 0 Å². The van der Waals surface area contributed by atoms with Gasteiger partial charge in [-0.15, -0.1) is 0 Å². The number of hydrogen-bond donors (Lipinski definition) is 2. The summed E-state index contributed by atoms with van der Waals surface area (Å²) >= 11 is 0. The average molecular weight is 228 g/mol. The van der Waals surface area contributed by atoms with Crippen LogP contribution < -0.4 is 11.1 Å². The molecule has 1 amide bonds. The molecule has 8 heteroatoms. The Bertz CT molecular complexity index is 242. The molecule has 0 bridgehead atoms. The van der Waals surface area contributed by atoms with Crippen molar-refractivity contribution in [3.05, 3.63) is 0 Å². The minimum absolute atomic E-state index is 0.624. The van der Waals surface area contributed by atoms with Gasteiger partial charge >= 0.3 is 12.1 Å². The van der Waals surface area contributed by atoms with Gasteiger partial charge < -0.3 is 15.8 Å². The lowest BCUT2D eigenvalue weighted by atomic mass is 10.3. The standard InChI is InChI=1S/C7H11F3N2O3/c1-15-6(14)2-5(13)12-3-4(11)7(8,9)10/h4H,2-3,11H2,1H3,(H,12,13). The Morgan fingerprint density at radius 2 is 2.00 bits per heavy atom. The third-order valence-corrected chi connectivity index (χ3v) is 1.47. The summed E-state index contributed by atoms with van der Waals surface area (Å²) < 4.78 is 39.7. The van der Waals surface area contributed by atoms with E-state index in [1.165, 1.54) is 0 Å². The summed E-state index contributed by atoms with van der Waals surface area (Å²) in [5.74, 6) is -1.69. The molecule has 0 radical (unpaired) electrons. The van der Waals surface area contributed by atoms with Crippen LogP contribution in [-0.4, -0.2) is 37.7 Å². The van der Waals surface area contributed by atoms with E-state index in [2.05, 4.69) is 4.74 Å². The van der Waals surface area contributed by atoms with Gasteiger partial charge in [0.05, 0.1) is 7.11 Å². The Balaban J connectivity index is 3.86. The summed E-state index contributed by atoms with van der Waals surface area (Å²) in [6.07, 6.45) is -5.19. The summed E-state index contributed by atoms with van der Waals surface area (Å²) in [6.45, 7) is -0.765. The van der Waals surface area contributed by atoms with Crippen LogP contribution in [0.4, 0.5) is 13.2 Å². The first-order valence-corrected chi connectivity index (χ1v) is 3.93. The highest BCUT2D eigenvalue weighted by Crippen LogP contribution is 2.17. The van der Waals surface area contributed by atoms with Crippen LogP contribution in [0.1, 0.15) is 6.42 Å². The number of carbonyl (C=O) groups excluding carboxylic acids is 2. The third kappa shape index (κ3) is 5.89. The average Bonchev–Trinajstić information content (AvgIpc) is 2.12. The lowest BCUT2D eigenvalue weighted by molar-refractivity contribution is -0.148. The topological polar surface area (TPSA) is 81.4 Å². The van der Waals surface area contributed by atoms with Crippen LogP contribution in [0, 0.1) is 0 Å². The van der Waals surface area contributed by atoms with E-state index in [4.69, 9.17) is 5.73 Å². The zero-order chi connectivity index (χ0) is 12.1. The molecule has 0 aromatic heterocycles. The van der Waals surface area contributed by atoms with Crippen molar-refractivity contribution in [2.24, 2.45) is 5.73 Å². The molecule has 0 saturated heterocycles. The molecule has 5 nitrogen and oxygen atoms in total. The van der Waals surface area contributed by atoms with Crippen molar-refractivity contribution in [3.63, 3.8) is 0 Å². The van der Waals surface area contributed by atoms with Crippen molar-refractivity contribution >= 4 is 11.9 Å². The van der Waals surface area contributed by atoms with Crippen LogP contribution in [0.15, 0.2) is 0 Å². The van der Waals surface area contributed by atoms with Crippen LogP contribution in [0.3, 0.4) is 0 Å². The molecule has 0 saturated carbocycles. The van der Waals surface area contributed by atoms with Crippen molar-refractivity contribution in [1.29, 1.82) is 0 Å². The quantitative estimate of drug-likeness (QED) is 0.504. The zero-order valence-electron chi connectivity index (χ0n) is 7.93. The highest BCUT2D eigenvalue weighted by atomic mass is 19.4. The molecule has 0 rings (SSSR count). The number of methoxy groups -OCH3 is 1. The van der Waals surface area contributed by atoms with Gasteiger partial charge in [0.25, 0.3) is 0 Å². The van der Waals surface area contributed by atoms with E-state index < -0.39 is 37.1 Å². The van der Waals surface area contributed by atoms with E-state index in [0.29, 0.717) is 0 Å². The fourth-order valence-electron chi connectivity index (χ4n) is 0.605. The molecule has 0 spiro atoms. The van der Waals surface area contributed by atoms with Gasteiger partial charge in [0, 0.05) is 6.54 Å². The first-order chi connectivity index (χ1) is 6.77. The lowest BCUT2D eigenvalue weighted by Gasteiger charge is -2.15. The molecular formula is C7H11F3N2O3. The van der Waals surface area contributed by atoms with Crippen molar-refractivity contribution in [2.45, 2.75) is 18.6 Å². The van der Waals surface area contributed by atoms with Crippen molar-refractivity contribution < 1.29 is 27.5 Å². The number of nitrogens with one attached hydrogen (secondary N) is 1. The molecule has 1 atom stereocenters. The number of alkyl halides is 3. The maximum atomic E-state index is 11.9. The Labute approximate surface area is 83.8 Å². The summed E-state index contributed by atoms with van der Waals surface area (Å²) in [4.78, 5) is 21.3. The second-order valence-corrected chi connectivity index (χ2v) is 2.71. The van der Waals surface area contributed by atoms with Gasteiger partial charge in [-0.3, -0.25) is 9.59 Å². The van der Waals surface area contributed by atoms with Crippen LogP contribution in [0.25, 0.3) is 0 Å². The molecule has 0 heterocycles. The summed E-state index contributed by atoms with van der Waals surface area (Å²) in [6, 6.07) is -2.14. The van der Waals surface area contributed by atoms with E-state index in [1.807, 2.05) is 5.32 Å². The number of esters is 1. The molecule has 1 unspecified atom stereocenters. The maximum Gasteiger partial charge on any atom is 0.405 e. The van der Waals surface area contributed by atoms with Crippen molar-refractivity contribution in [1.82, 2.24) is 5.32 Å². The molecule has 15 heavy (non-hydrogen) atoms. The van der Waals surface area contributed by atoms with E-state index in [0.717, 1.165) is 7.11 Å². The predicted molar refractivity (Wildman–Crippen MR) is 43.7 cm³/mol. The number of amides is 1. The number of hydrogen-bond acceptors (Lipinski definition) is 4. The van der Waals surface area contributed by atoms with E-state index >= 15 is 0 Å². The number of halogens is 3. The molecule has 0 aliphatic heterocycles. The zero-order valence-corrected chi connectivity index (χ0v) is 7.93. The Morgan fingerprint density at radius 1 is 1.47 bits per heavy atom. The minimum Gasteiger partial charge on any atom is -0.469 e. The van der Waals surface area contributed by atoms with Crippen LogP contribution in [0.2, 0.25) is 0 Å². The Morgan fingerprint density at radius 3 is 2.40 bits per heavy atom.